The van der Waals surface area contributed by atoms with E-state index < -0.39 is 0 Å². The number of methoxy groups -OCH3 is 1. The van der Waals surface area contributed by atoms with Crippen LogP contribution in [0.3, 0.4) is 0 Å². The highest BCUT2D eigenvalue weighted by molar-refractivity contribution is 5.77. The third-order valence-corrected chi connectivity index (χ3v) is 4.70. The predicted molar refractivity (Wildman–Crippen MR) is 102 cm³/mol. The average molecular weight is 353 g/mol. The van der Waals surface area contributed by atoms with Gasteiger partial charge in [-0.2, -0.15) is 0 Å². The lowest BCUT2D eigenvalue weighted by molar-refractivity contribution is -0.132. The number of ether oxygens (including phenoxy) is 2. The van der Waals surface area contributed by atoms with E-state index in [9.17, 15) is 4.79 Å². The van der Waals surface area contributed by atoms with E-state index >= 15 is 0 Å². The summed E-state index contributed by atoms with van der Waals surface area (Å²) in [4.78, 5) is 14.9. The number of rotatable bonds is 9. The molecule has 0 heterocycles. The van der Waals surface area contributed by atoms with Crippen LogP contribution in [0.25, 0.3) is 0 Å². The molecule has 1 aliphatic carbocycles. The van der Waals surface area contributed by atoms with Crippen molar-refractivity contribution in [3.05, 3.63) is 59.7 Å². The molecule has 0 unspecified atom stereocenters. The van der Waals surface area contributed by atoms with Gasteiger partial charge in [0.05, 0.1) is 13.7 Å². The molecule has 1 aliphatic rings. The van der Waals surface area contributed by atoms with Gasteiger partial charge < -0.3 is 14.4 Å². The third-order valence-electron chi connectivity index (χ3n) is 4.70. The molecule has 1 amide bonds. The lowest BCUT2D eigenvalue weighted by Crippen LogP contribution is -2.32. The van der Waals surface area contributed by atoms with Crippen LogP contribution in [0, 0.1) is 0 Å². The molecular weight excluding hydrogens is 326 g/mol. The highest BCUT2D eigenvalue weighted by Gasteiger charge is 2.32. The van der Waals surface area contributed by atoms with Gasteiger partial charge in [-0.15, -0.1) is 0 Å². The number of hydrogen-bond acceptors (Lipinski definition) is 3. The van der Waals surface area contributed by atoms with Gasteiger partial charge in [-0.1, -0.05) is 30.3 Å². The van der Waals surface area contributed by atoms with Crippen LogP contribution >= 0.6 is 0 Å². The summed E-state index contributed by atoms with van der Waals surface area (Å²) in [6.45, 7) is 3.28. The molecule has 26 heavy (non-hydrogen) atoms. The molecule has 138 valence electrons. The first kappa shape index (κ1) is 18.3. The van der Waals surface area contributed by atoms with Crippen molar-refractivity contribution < 1.29 is 14.3 Å². The van der Waals surface area contributed by atoms with Gasteiger partial charge in [0, 0.05) is 19.0 Å². The Kier molecular flexibility index (Phi) is 6.16. The van der Waals surface area contributed by atoms with E-state index in [1.165, 1.54) is 0 Å². The van der Waals surface area contributed by atoms with Gasteiger partial charge in [-0.3, -0.25) is 4.79 Å². The fourth-order valence-corrected chi connectivity index (χ4v) is 3.13. The summed E-state index contributed by atoms with van der Waals surface area (Å²) in [7, 11) is 1.66. The zero-order valence-electron chi connectivity index (χ0n) is 15.6. The standard InChI is InChI=1S/C22H27NO3/c1-3-26-21-7-5-4-6-18(21)10-15-22(24)23(19-11-12-19)16-17-8-13-20(25-2)14-9-17/h4-9,13-14,19H,3,10-12,15-16H2,1-2H3. The molecule has 0 aromatic heterocycles. The fraction of sp³-hybridized carbons (Fsp3) is 0.409. The Balaban J connectivity index is 1.62. The minimum absolute atomic E-state index is 0.217. The lowest BCUT2D eigenvalue weighted by atomic mass is 10.1. The molecule has 0 N–H and O–H groups in total. The number of benzene rings is 2. The number of carbonyl (C=O) groups is 1. The van der Waals surface area contributed by atoms with Crippen molar-refractivity contribution in [2.75, 3.05) is 13.7 Å². The molecule has 0 spiro atoms. The van der Waals surface area contributed by atoms with E-state index in [0.717, 1.165) is 35.5 Å². The number of nitrogens with zero attached hydrogens (tertiary/aromatic N) is 1. The summed E-state index contributed by atoms with van der Waals surface area (Å²) >= 11 is 0. The molecule has 0 radical (unpaired) electrons. The second-order valence-electron chi connectivity index (χ2n) is 6.64. The molecule has 0 aliphatic heterocycles. The van der Waals surface area contributed by atoms with E-state index in [1.807, 2.05) is 60.4 Å². The lowest BCUT2D eigenvalue weighted by Gasteiger charge is -2.23. The predicted octanol–water partition coefficient (Wildman–Crippen LogP) is 4.22. The van der Waals surface area contributed by atoms with Crippen LogP contribution in [0.1, 0.15) is 37.3 Å². The number of aryl methyl sites for hydroxylation is 1. The minimum atomic E-state index is 0.217. The monoisotopic (exact) mass is 353 g/mol. The molecular formula is C22H27NO3. The largest absolute Gasteiger partial charge is 0.497 e. The molecule has 1 fully saturated rings. The summed E-state index contributed by atoms with van der Waals surface area (Å²) in [6.07, 6.45) is 3.44. The van der Waals surface area contributed by atoms with Crippen LogP contribution in [0.5, 0.6) is 11.5 Å². The average Bonchev–Trinajstić information content (AvgIpc) is 3.51. The van der Waals surface area contributed by atoms with E-state index in [2.05, 4.69) is 0 Å². The van der Waals surface area contributed by atoms with Gasteiger partial charge in [0.15, 0.2) is 0 Å². The highest BCUT2D eigenvalue weighted by Crippen LogP contribution is 2.30. The zero-order valence-corrected chi connectivity index (χ0v) is 15.6. The van der Waals surface area contributed by atoms with Gasteiger partial charge in [0.25, 0.3) is 0 Å². The Morgan fingerprint density at radius 1 is 1.12 bits per heavy atom. The fourth-order valence-electron chi connectivity index (χ4n) is 3.13. The molecule has 4 heteroatoms. The Hall–Kier alpha value is -2.49. The summed E-state index contributed by atoms with van der Waals surface area (Å²) in [5, 5.41) is 0. The first-order valence-electron chi connectivity index (χ1n) is 9.34. The van der Waals surface area contributed by atoms with E-state index in [1.54, 1.807) is 7.11 Å². The second kappa shape index (κ2) is 8.75. The van der Waals surface area contributed by atoms with Crippen molar-refractivity contribution in [1.82, 2.24) is 4.90 Å². The van der Waals surface area contributed by atoms with Crippen molar-refractivity contribution in [1.29, 1.82) is 0 Å². The molecule has 4 nitrogen and oxygen atoms in total. The van der Waals surface area contributed by atoms with Crippen molar-refractivity contribution in [3.63, 3.8) is 0 Å². The van der Waals surface area contributed by atoms with Crippen LogP contribution in [0.4, 0.5) is 0 Å². The maximum atomic E-state index is 12.9. The van der Waals surface area contributed by atoms with Crippen molar-refractivity contribution in [2.24, 2.45) is 0 Å². The number of hydrogen-bond donors (Lipinski definition) is 0. The first-order chi connectivity index (χ1) is 12.7. The second-order valence-corrected chi connectivity index (χ2v) is 6.64. The van der Waals surface area contributed by atoms with Crippen LogP contribution in [-0.4, -0.2) is 30.6 Å². The number of amides is 1. The Morgan fingerprint density at radius 2 is 1.85 bits per heavy atom. The van der Waals surface area contributed by atoms with E-state index in [4.69, 9.17) is 9.47 Å². The van der Waals surface area contributed by atoms with Crippen molar-refractivity contribution in [2.45, 2.75) is 45.2 Å². The SMILES string of the molecule is CCOc1ccccc1CCC(=O)N(Cc1ccc(OC)cc1)C1CC1. The Labute approximate surface area is 155 Å². The molecule has 3 rings (SSSR count). The molecule has 0 atom stereocenters. The van der Waals surface area contributed by atoms with Gasteiger partial charge in [-0.05, 0) is 55.5 Å². The van der Waals surface area contributed by atoms with Crippen molar-refractivity contribution in [3.8, 4) is 11.5 Å². The highest BCUT2D eigenvalue weighted by atomic mass is 16.5. The summed E-state index contributed by atoms with van der Waals surface area (Å²) in [5.41, 5.74) is 2.24. The van der Waals surface area contributed by atoms with Gasteiger partial charge >= 0.3 is 0 Å². The molecule has 0 saturated heterocycles. The number of carbonyl (C=O) groups excluding carboxylic acids is 1. The zero-order chi connectivity index (χ0) is 18.4. The van der Waals surface area contributed by atoms with E-state index in [0.29, 0.717) is 32.0 Å². The summed E-state index contributed by atoms with van der Waals surface area (Å²) < 4.78 is 10.9. The third kappa shape index (κ3) is 4.78. The van der Waals surface area contributed by atoms with Crippen molar-refractivity contribution >= 4 is 5.91 Å². The van der Waals surface area contributed by atoms with Crippen LogP contribution in [-0.2, 0) is 17.8 Å². The quantitative estimate of drug-likeness (QED) is 0.677. The van der Waals surface area contributed by atoms with E-state index in [-0.39, 0.29) is 5.91 Å². The van der Waals surface area contributed by atoms with Gasteiger partial charge in [-0.25, -0.2) is 0 Å². The first-order valence-corrected chi connectivity index (χ1v) is 9.34. The molecule has 1 saturated carbocycles. The van der Waals surface area contributed by atoms with Crippen LogP contribution < -0.4 is 9.47 Å². The molecule has 0 bridgehead atoms. The van der Waals surface area contributed by atoms with Gasteiger partial charge in [0.2, 0.25) is 5.91 Å². The maximum absolute atomic E-state index is 12.9. The molecule has 2 aromatic rings. The molecule has 2 aromatic carbocycles. The van der Waals surface area contributed by atoms with Gasteiger partial charge in [0.1, 0.15) is 11.5 Å². The summed E-state index contributed by atoms with van der Waals surface area (Å²) in [5.74, 6) is 1.94. The smallest absolute Gasteiger partial charge is 0.223 e. The van der Waals surface area contributed by atoms with Crippen LogP contribution in [0.2, 0.25) is 0 Å². The maximum Gasteiger partial charge on any atom is 0.223 e. The topological polar surface area (TPSA) is 38.8 Å². The summed E-state index contributed by atoms with van der Waals surface area (Å²) in [6, 6.07) is 16.3. The minimum Gasteiger partial charge on any atom is -0.497 e. The Bertz CT molecular complexity index is 722. The van der Waals surface area contributed by atoms with Crippen LogP contribution in [0.15, 0.2) is 48.5 Å². The Morgan fingerprint density at radius 3 is 2.50 bits per heavy atom. The number of para-hydroxylation sites is 1. The normalized spacial score (nSPS) is 13.3.